The number of aromatic nitrogens is 2. The number of hydrogen-bond donors (Lipinski definition) is 1. The molecule has 2 aromatic heterocycles. The molecule has 1 fully saturated rings. The summed E-state index contributed by atoms with van der Waals surface area (Å²) >= 11 is 0. The molecule has 0 radical (unpaired) electrons. The number of pyridine rings is 2. The lowest BCUT2D eigenvalue weighted by atomic mass is 10.1. The van der Waals surface area contributed by atoms with E-state index < -0.39 is 0 Å². The van der Waals surface area contributed by atoms with E-state index in [-0.39, 0.29) is 11.8 Å². The fraction of sp³-hybridized carbons (Fsp3) is 0.190. The highest BCUT2D eigenvalue weighted by Crippen LogP contribution is 2.48. The normalized spacial score (nSPS) is 18.2. The Hall–Kier alpha value is -3.21. The van der Waals surface area contributed by atoms with Crippen LogP contribution in [0.25, 0.3) is 0 Å². The van der Waals surface area contributed by atoms with E-state index in [2.05, 4.69) is 27.4 Å². The van der Waals surface area contributed by atoms with Gasteiger partial charge in [0.25, 0.3) is 0 Å². The molecular weight excluding hydrogens is 326 g/mol. The van der Waals surface area contributed by atoms with E-state index in [9.17, 15) is 4.79 Å². The van der Waals surface area contributed by atoms with Crippen molar-refractivity contribution in [3.63, 3.8) is 0 Å². The fourth-order valence-corrected chi connectivity index (χ4v) is 3.00. The molecule has 5 nitrogen and oxygen atoms in total. The van der Waals surface area contributed by atoms with Gasteiger partial charge in [-0.25, -0.2) is 4.98 Å². The zero-order valence-electron chi connectivity index (χ0n) is 14.2. The summed E-state index contributed by atoms with van der Waals surface area (Å²) in [7, 11) is 0. The quantitative estimate of drug-likeness (QED) is 0.738. The SMILES string of the molecule is O=C(Nc1ncccc1OCc1ccncc1)[C@H]1C[C@H]1c1ccccc1. The number of nitrogens with one attached hydrogen (secondary N) is 1. The number of carbonyl (C=O) groups excluding carboxylic acids is 1. The zero-order chi connectivity index (χ0) is 17.8. The second-order valence-electron chi connectivity index (χ2n) is 6.34. The summed E-state index contributed by atoms with van der Waals surface area (Å²) in [4.78, 5) is 20.8. The molecule has 5 heteroatoms. The summed E-state index contributed by atoms with van der Waals surface area (Å²) in [5.74, 6) is 1.31. The molecule has 4 rings (SSSR count). The van der Waals surface area contributed by atoms with Gasteiger partial charge in [-0.1, -0.05) is 30.3 Å². The third kappa shape index (κ3) is 3.72. The number of ether oxygens (including phenoxy) is 1. The number of carbonyl (C=O) groups is 1. The molecule has 1 aliphatic carbocycles. The molecule has 0 unspecified atom stereocenters. The monoisotopic (exact) mass is 345 g/mol. The van der Waals surface area contributed by atoms with Gasteiger partial charge in [0.05, 0.1) is 0 Å². The summed E-state index contributed by atoms with van der Waals surface area (Å²) in [6.45, 7) is 0.396. The van der Waals surface area contributed by atoms with Crippen LogP contribution in [0.2, 0.25) is 0 Å². The summed E-state index contributed by atoms with van der Waals surface area (Å²) in [5, 5.41) is 2.92. The van der Waals surface area contributed by atoms with E-state index in [1.54, 1.807) is 24.7 Å². The van der Waals surface area contributed by atoms with Gasteiger partial charge >= 0.3 is 0 Å². The van der Waals surface area contributed by atoms with Gasteiger partial charge in [-0.2, -0.15) is 0 Å². The van der Waals surface area contributed by atoms with Crippen molar-refractivity contribution in [3.05, 3.63) is 84.3 Å². The summed E-state index contributed by atoms with van der Waals surface area (Å²) < 4.78 is 5.83. The van der Waals surface area contributed by atoms with Crippen LogP contribution >= 0.6 is 0 Å². The number of amides is 1. The average Bonchev–Trinajstić information content (AvgIpc) is 3.50. The lowest BCUT2D eigenvalue weighted by Gasteiger charge is -2.11. The molecule has 26 heavy (non-hydrogen) atoms. The van der Waals surface area contributed by atoms with Crippen molar-refractivity contribution in [1.82, 2.24) is 9.97 Å². The summed E-state index contributed by atoms with van der Waals surface area (Å²) in [5.41, 5.74) is 2.22. The van der Waals surface area contributed by atoms with Crippen molar-refractivity contribution in [1.29, 1.82) is 0 Å². The van der Waals surface area contributed by atoms with Gasteiger partial charge in [-0.05, 0) is 47.7 Å². The highest BCUT2D eigenvalue weighted by Gasteiger charge is 2.44. The Morgan fingerprint density at radius 3 is 2.65 bits per heavy atom. The minimum atomic E-state index is -0.00804. The second-order valence-corrected chi connectivity index (χ2v) is 6.34. The Balaban J connectivity index is 1.40. The van der Waals surface area contributed by atoms with E-state index in [0.29, 0.717) is 24.1 Å². The van der Waals surface area contributed by atoms with Gasteiger partial charge in [0.1, 0.15) is 6.61 Å². The van der Waals surface area contributed by atoms with Crippen LogP contribution in [0, 0.1) is 5.92 Å². The van der Waals surface area contributed by atoms with E-state index >= 15 is 0 Å². The predicted molar refractivity (Wildman–Crippen MR) is 98.7 cm³/mol. The van der Waals surface area contributed by atoms with Crippen LogP contribution in [0.5, 0.6) is 5.75 Å². The van der Waals surface area contributed by atoms with Gasteiger partial charge in [-0.15, -0.1) is 0 Å². The molecule has 3 aromatic rings. The maximum absolute atomic E-state index is 12.6. The highest BCUT2D eigenvalue weighted by molar-refractivity contribution is 5.95. The number of nitrogens with zero attached hydrogens (tertiary/aromatic N) is 2. The van der Waals surface area contributed by atoms with E-state index in [4.69, 9.17) is 4.74 Å². The smallest absolute Gasteiger partial charge is 0.229 e. The van der Waals surface area contributed by atoms with Gasteiger partial charge < -0.3 is 10.1 Å². The van der Waals surface area contributed by atoms with Gasteiger partial charge in [0.15, 0.2) is 11.6 Å². The molecule has 1 saturated carbocycles. The van der Waals surface area contributed by atoms with Crippen LogP contribution in [0.15, 0.2) is 73.2 Å². The molecule has 0 bridgehead atoms. The molecule has 0 aliphatic heterocycles. The Bertz CT molecular complexity index is 884. The highest BCUT2D eigenvalue weighted by atomic mass is 16.5. The third-order valence-electron chi connectivity index (χ3n) is 4.51. The van der Waals surface area contributed by atoms with Crippen LogP contribution in [0.1, 0.15) is 23.5 Å². The minimum Gasteiger partial charge on any atom is -0.485 e. The zero-order valence-corrected chi connectivity index (χ0v) is 14.2. The molecule has 130 valence electrons. The Labute approximate surface area is 152 Å². The second kappa shape index (κ2) is 7.35. The molecule has 1 N–H and O–H groups in total. The minimum absolute atomic E-state index is 0.00699. The predicted octanol–water partition coefficient (Wildman–Crippen LogP) is 3.80. The van der Waals surface area contributed by atoms with Crippen LogP contribution in [-0.4, -0.2) is 15.9 Å². The molecule has 1 aliphatic rings. The summed E-state index contributed by atoms with van der Waals surface area (Å²) in [6.07, 6.45) is 5.97. The fourth-order valence-electron chi connectivity index (χ4n) is 3.00. The maximum atomic E-state index is 12.6. The Morgan fingerprint density at radius 1 is 1.04 bits per heavy atom. The molecule has 0 saturated heterocycles. The standard InChI is InChI=1S/C21H19N3O2/c25-21(18-13-17(18)16-5-2-1-3-6-16)24-20-19(7-4-10-23-20)26-14-15-8-11-22-12-9-15/h1-12,17-18H,13-14H2,(H,23,24,25)/t17-,18-/m0/s1. The van der Waals surface area contributed by atoms with Crippen LogP contribution in [0.4, 0.5) is 5.82 Å². The van der Waals surface area contributed by atoms with E-state index in [1.165, 1.54) is 5.56 Å². The van der Waals surface area contributed by atoms with Crippen molar-refractivity contribution in [3.8, 4) is 5.75 Å². The number of benzene rings is 1. The topological polar surface area (TPSA) is 64.1 Å². The molecular formula is C21H19N3O2. The number of rotatable bonds is 6. The lowest BCUT2D eigenvalue weighted by molar-refractivity contribution is -0.117. The first-order chi connectivity index (χ1) is 12.8. The van der Waals surface area contributed by atoms with Crippen molar-refractivity contribution in [2.45, 2.75) is 18.9 Å². The maximum Gasteiger partial charge on any atom is 0.229 e. The number of anilines is 1. The largest absolute Gasteiger partial charge is 0.485 e. The first-order valence-corrected chi connectivity index (χ1v) is 8.64. The van der Waals surface area contributed by atoms with Crippen LogP contribution in [-0.2, 0) is 11.4 Å². The Kier molecular flexibility index (Phi) is 4.60. The van der Waals surface area contributed by atoms with E-state index in [0.717, 1.165) is 12.0 Å². The lowest BCUT2D eigenvalue weighted by Crippen LogP contribution is -2.16. The first kappa shape index (κ1) is 16.3. The molecule has 2 atom stereocenters. The van der Waals surface area contributed by atoms with E-state index in [1.807, 2.05) is 36.4 Å². The molecule has 0 spiro atoms. The van der Waals surface area contributed by atoms with Crippen LogP contribution in [0.3, 0.4) is 0 Å². The van der Waals surface area contributed by atoms with Crippen LogP contribution < -0.4 is 10.1 Å². The van der Waals surface area contributed by atoms with Crippen molar-refractivity contribution < 1.29 is 9.53 Å². The van der Waals surface area contributed by atoms with Crippen molar-refractivity contribution >= 4 is 11.7 Å². The Morgan fingerprint density at radius 2 is 1.85 bits per heavy atom. The molecule has 1 aromatic carbocycles. The van der Waals surface area contributed by atoms with Gasteiger partial charge in [0, 0.05) is 24.5 Å². The molecule has 2 heterocycles. The van der Waals surface area contributed by atoms with Gasteiger partial charge in [-0.3, -0.25) is 9.78 Å². The summed E-state index contributed by atoms with van der Waals surface area (Å²) in [6, 6.07) is 17.5. The number of hydrogen-bond acceptors (Lipinski definition) is 4. The average molecular weight is 345 g/mol. The first-order valence-electron chi connectivity index (χ1n) is 8.64. The van der Waals surface area contributed by atoms with Gasteiger partial charge in [0.2, 0.25) is 5.91 Å². The van der Waals surface area contributed by atoms with Crippen molar-refractivity contribution in [2.75, 3.05) is 5.32 Å². The van der Waals surface area contributed by atoms with Crippen molar-refractivity contribution in [2.24, 2.45) is 5.92 Å². The molecule has 1 amide bonds. The third-order valence-corrected chi connectivity index (χ3v) is 4.51.